The minimum atomic E-state index is -4.90. The highest BCUT2D eigenvalue weighted by Crippen LogP contribution is 2.27. The van der Waals surface area contributed by atoms with Crippen LogP contribution in [0.4, 0.5) is 13.2 Å². The lowest BCUT2D eigenvalue weighted by Crippen LogP contribution is -2.39. The van der Waals surface area contributed by atoms with Crippen molar-refractivity contribution in [3.05, 3.63) is 40.3 Å². The number of carbonyl (C=O) groups is 1. The van der Waals surface area contributed by atoms with Crippen molar-refractivity contribution in [1.29, 1.82) is 0 Å². The van der Waals surface area contributed by atoms with E-state index in [2.05, 4.69) is 15.2 Å². The normalized spacial score (nSPS) is 13.1. The molecule has 0 bridgehead atoms. The Kier molecular flexibility index (Phi) is 7.17. The number of benzene rings is 1. The van der Waals surface area contributed by atoms with Crippen LogP contribution < -0.4 is 10.9 Å². The summed E-state index contributed by atoms with van der Waals surface area (Å²) in [5, 5.41) is 2.71. The molecule has 0 unspecified atom stereocenters. The van der Waals surface area contributed by atoms with Crippen molar-refractivity contribution in [3.63, 3.8) is 0 Å². The van der Waals surface area contributed by atoms with Crippen LogP contribution in [0.2, 0.25) is 0 Å². The standard InChI is InChI=1S/C19H25F3N4O2/c1-4-25(5-2)12-8-11-23-17(27)13(3)26-15-10-7-6-9-14(15)24-16(18(26)28)19(20,21)22/h6-7,9-10,13H,4-5,8,11-12H2,1-3H3,(H,23,27)/t13-/m1/s1. The van der Waals surface area contributed by atoms with Gasteiger partial charge in [-0.25, -0.2) is 4.98 Å². The van der Waals surface area contributed by atoms with Crippen molar-refractivity contribution in [3.8, 4) is 0 Å². The first-order valence-corrected chi connectivity index (χ1v) is 9.29. The number of hydrogen-bond acceptors (Lipinski definition) is 4. The fourth-order valence-electron chi connectivity index (χ4n) is 3.04. The molecule has 0 aliphatic rings. The summed E-state index contributed by atoms with van der Waals surface area (Å²) in [6, 6.07) is 4.88. The third-order valence-corrected chi connectivity index (χ3v) is 4.67. The second-order valence-electron chi connectivity index (χ2n) is 6.47. The van der Waals surface area contributed by atoms with E-state index in [0.717, 1.165) is 24.2 Å². The van der Waals surface area contributed by atoms with E-state index in [1.54, 1.807) is 6.07 Å². The highest BCUT2D eigenvalue weighted by molar-refractivity contribution is 5.83. The van der Waals surface area contributed by atoms with Gasteiger partial charge in [0.2, 0.25) is 11.6 Å². The molecular formula is C19H25F3N4O2. The molecule has 0 radical (unpaired) electrons. The summed E-state index contributed by atoms with van der Waals surface area (Å²) >= 11 is 0. The Balaban J connectivity index is 2.27. The van der Waals surface area contributed by atoms with Gasteiger partial charge in [0.15, 0.2) is 0 Å². The molecule has 2 aromatic rings. The fourth-order valence-corrected chi connectivity index (χ4v) is 3.04. The summed E-state index contributed by atoms with van der Waals surface area (Å²) in [5.41, 5.74) is -2.65. The third kappa shape index (κ3) is 4.89. The van der Waals surface area contributed by atoms with Crippen LogP contribution >= 0.6 is 0 Å². The Labute approximate surface area is 161 Å². The second kappa shape index (κ2) is 9.18. The molecule has 0 spiro atoms. The lowest BCUT2D eigenvalue weighted by molar-refractivity contribution is -0.142. The molecular weight excluding hydrogens is 373 g/mol. The molecule has 0 aliphatic heterocycles. The van der Waals surface area contributed by atoms with Crippen molar-refractivity contribution in [2.24, 2.45) is 0 Å². The molecule has 1 amide bonds. The second-order valence-corrected chi connectivity index (χ2v) is 6.47. The minimum absolute atomic E-state index is 0.00982. The van der Waals surface area contributed by atoms with Crippen molar-refractivity contribution in [1.82, 2.24) is 19.8 Å². The van der Waals surface area contributed by atoms with Gasteiger partial charge in [0.05, 0.1) is 11.0 Å². The van der Waals surface area contributed by atoms with Crippen LogP contribution in [0.5, 0.6) is 0 Å². The lowest BCUT2D eigenvalue weighted by atomic mass is 10.2. The quantitative estimate of drug-likeness (QED) is 0.695. The third-order valence-electron chi connectivity index (χ3n) is 4.67. The summed E-state index contributed by atoms with van der Waals surface area (Å²) in [6.45, 7) is 8.49. The predicted octanol–water partition coefficient (Wildman–Crippen LogP) is 2.82. The van der Waals surface area contributed by atoms with E-state index in [0.29, 0.717) is 13.0 Å². The number of fused-ring (bicyclic) bond motifs is 1. The van der Waals surface area contributed by atoms with E-state index < -0.39 is 29.4 Å². The van der Waals surface area contributed by atoms with Crippen LogP contribution in [0.3, 0.4) is 0 Å². The number of rotatable bonds is 8. The zero-order valence-corrected chi connectivity index (χ0v) is 16.2. The Bertz CT molecular complexity index is 876. The van der Waals surface area contributed by atoms with Gasteiger partial charge in [-0.3, -0.25) is 14.2 Å². The molecule has 1 N–H and O–H groups in total. The number of carbonyl (C=O) groups excluding carboxylic acids is 1. The van der Waals surface area contributed by atoms with Gasteiger partial charge >= 0.3 is 6.18 Å². The van der Waals surface area contributed by atoms with E-state index >= 15 is 0 Å². The number of nitrogens with zero attached hydrogens (tertiary/aromatic N) is 3. The highest BCUT2D eigenvalue weighted by atomic mass is 19.4. The molecule has 154 valence electrons. The van der Waals surface area contributed by atoms with Crippen molar-refractivity contribution in [2.75, 3.05) is 26.2 Å². The lowest BCUT2D eigenvalue weighted by Gasteiger charge is -2.20. The zero-order chi connectivity index (χ0) is 20.9. The Hall–Kier alpha value is -2.42. The summed E-state index contributed by atoms with van der Waals surface area (Å²) in [6.07, 6.45) is -4.19. The highest BCUT2D eigenvalue weighted by Gasteiger charge is 2.38. The summed E-state index contributed by atoms with van der Waals surface area (Å²) in [7, 11) is 0. The van der Waals surface area contributed by atoms with Crippen molar-refractivity contribution in [2.45, 2.75) is 39.4 Å². The maximum Gasteiger partial charge on any atom is 0.438 e. The molecule has 0 saturated carbocycles. The van der Waals surface area contributed by atoms with E-state index in [1.165, 1.54) is 25.1 Å². The van der Waals surface area contributed by atoms with Gasteiger partial charge in [-0.15, -0.1) is 0 Å². The average Bonchev–Trinajstić information content (AvgIpc) is 2.66. The number of alkyl halides is 3. The molecule has 28 heavy (non-hydrogen) atoms. The molecule has 6 nitrogen and oxygen atoms in total. The molecule has 1 aromatic carbocycles. The Morgan fingerprint density at radius 1 is 1.25 bits per heavy atom. The van der Waals surface area contributed by atoms with Crippen molar-refractivity contribution >= 4 is 16.9 Å². The monoisotopic (exact) mass is 398 g/mol. The van der Waals surface area contributed by atoms with Gasteiger partial charge in [-0.2, -0.15) is 13.2 Å². The Morgan fingerprint density at radius 2 is 1.89 bits per heavy atom. The summed E-state index contributed by atoms with van der Waals surface area (Å²) < 4.78 is 40.6. The van der Waals surface area contributed by atoms with E-state index in [4.69, 9.17) is 0 Å². The van der Waals surface area contributed by atoms with E-state index in [9.17, 15) is 22.8 Å². The first-order chi connectivity index (χ1) is 13.2. The maximum atomic E-state index is 13.2. The molecule has 9 heteroatoms. The van der Waals surface area contributed by atoms with Gasteiger partial charge in [-0.05, 0) is 45.1 Å². The van der Waals surface area contributed by atoms with Crippen LogP contribution in [0.25, 0.3) is 11.0 Å². The smallest absolute Gasteiger partial charge is 0.354 e. The SMILES string of the molecule is CCN(CC)CCCNC(=O)[C@@H](C)n1c(=O)c(C(F)(F)F)nc2ccccc21. The first-order valence-electron chi connectivity index (χ1n) is 9.29. The van der Waals surface area contributed by atoms with Crippen LogP contribution in [0.1, 0.15) is 38.9 Å². The topological polar surface area (TPSA) is 67.2 Å². The fraction of sp³-hybridized carbons (Fsp3) is 0.526. The van der Waals surface area contributed by atoms with E-state index in [-0.39, 0.29) is 11.0 Å². The molecule has 1 atom stereocenters. The Morgan fingerprint density at radius 3 is 2.50 bits per heavy atom. The zero-order valence-electron chi connectivity index (χ0n) is 16.2. The van der Waals surface area contributed by atoms with Gasteiger partial charge < -0.3 is 10.2 Å². The van der Waals surface area contributed by atoms with E-state index in [1.807, 2.05) is 13.8 Å². The van der Waals surface area contributed by atoms with Gasteiger partial charge in [0.25, 0.3) is 5.56 Å². The largest absolute Gasteiger partial charge is 0.438 e. The van der Waals surface area contributed by atoms with Crippen LogP contribution in [-0.2, 0) is 11.0 Å². The number of hydrogen-bond donors (Lipinski definition) is 1. The molecule has 0 fully saturated rings. The van der Waals surface area contributed by atoms with Crippen LogP contribution in [0.15, 0.2) is 29.1 Å². The molecule has 2 rings (SSSR count). The number of halogens is 3. The molecule has 1 heterocycles. The minimum Gasteiger partial charge on any atom is -0.354 e. The first kappa shape index (κ1) is 21.9. The summed E-state index contributed by atoms with van der Waals surface area (Å²) in [4.78, 5) is 30.6. The van der Waals surface area contributed by atoms with Crippen LogP contribution in [-0.4, -0.2) is 46.5 Å². The maximum absolute atomic E-state index is 13.2. The van der Waals surface area contributed by atoms with Crippen molar-refractivity contribution < 1.29 is 18.0 Å². The predicted molar refractivity (Wildman–Crippen MR) is 101 cm³/mol. The van der Waals surface area contributed by atoms with Crippen LogP contribution in [0, 0.1) is 0 Å². The molecule has 1 aromatic heterocycles. The number of amides is 1. The summed E-state index contributed by atoms with van der Waals surface area (Å²) in [5.74, 6) is -0.508. The van der Waals surface area contributed by atoms with Gasteiger partial charge in [-0.1, -0.05) is 26.0 Å². The molecule has 0 aliphatic carbocycles. The average molecular weight is 398 g/mol. The number of nitrogens with one attached hydrogen (secondary N) is 1. The number of para-hydroxylation sites is 2. The van der Waals surface area contributed by atoms with Gasteiger partial charge in [0.1, 0.15) is 6.04 Å². The van der Waals surface area contributed by atoms with Gasteiger partial charge in [0, 0.05) is 6.54 Å². The number of aromatic nitrogens is 2. The molecule has 0 saturated heterocycles.